The first-order chi connectivity index (χ1) is 13.6. The van der Waals surface area contributed by atoms with E-state index in [0.29, 0.717) is 18.2 Å². The summed E-state index contributed by atoms with van der Waals surface area (Å²) >= 11 is 3.22. The van der Waals surface area contributed by atoms with Gasteiger partial charge in [0.2, 0.25) is 5.88 Å². The van der Waals surface area contributed by atoms with Gasteiger partial charge < -0.3 is 9.47 Å². The fourth-order valence-electron chi connectivity index (χ4n) is 1.99. The van der Waals surface area contributed by atoms with Crippen molar-refractivity contribution >= 4 is 18.8 Å². The Balaban J connectivity index is 0.000000797. The Labute approximate surface area is 197 Å². The first-order valence-corrected chi connectivity index (χ1v) is 13.5. The van der Waals surface area contributed by atoms with Crippen LogP contribution < -0.4 is 4.74 Å². The average molecular weight is 784 g/mol. The second kappa shape index (κ2) is 17.2. The van der Waals surface area contributed by atoms with Crippen molar-refractivity contribution in [2.45, 2.75) is 20.8 Å². The molecule has 0 atom stereocenters. The van der Waals surface area contributed by atoms with Gasteiger partial charge in [-0.15, -0.1) is 12.1 Å². The van der Waals surface area contributed by atoms with Crippen LogP contribution >= 0.6 is 18.8 Å². The van der Waals surface area contributed by atoms with Gasteiger partial charge in [0.25, 0.3) is 0 Å². The summed E-state index contributed by atoms with van der Waals surface area (Å²) in [6.45, 7) is 6.57. The molecule has 0 bridgehead atoms. The van der Waals surface area contributed by atoms with E-state index in [1.807, 2.05) is 63.2 Å². The monoisotopic (exact) mass is 783 g/mol. The third-order valence-corrected chi connectivity index (χ3v) is 3.03. The zero-order valence-electron chi connectivity index (χ0n) is 15.6. The molecule has 0 aliphatic carbocycles. The molecule has 0 saturated carbocycles. The van der Waals surface area contributed by atoms with Crippen molar-refractivity contribution < 1.29 is 47.0 Å². The normalized spacial score (nSPS) is 9.07. The summed E-state index contributed by atoms with van der Waals surface area (Å²) in [6, 6.07) is 18.1. The van der Waals surface area contributed by atoms with Crippen LogP contribution in [0.25, 0.3) is 5.82 Å². The number of nitrogens with zero attached hydrogens (tertiary/aromatic N) is 3. The Morgan fingerprint density at radius 3 is 2.29 bits per heavy atom. The van der Waals surface area contributed by atoms with E-state index >= 15 is 0 Å². The van der Waals surface area contributed by atoms with Crippen LogP contribution in [0.15, 0.2) is 48.5 Å². The molecule has 3 rings (SSSR count). The molecule has 158 valence electrons. The van der Waals surface area contributed by atoms with Crippen LogP contribution in [0.5, 0.6) is 11.6 Å². The van der Waals surface area contributed by atoms with Crippen molar-refractivity contribution in [3.05, 3.63) is 73.1 Å². The van der Waals surface area contributed by atoms with Crippen molar-refractivity contribution in [1.82, 2.24) is 14.8 Å². The number of benzene rings is 1. The molecule has 0 amide bonds. The Morgan fingerprint density at radius 2 is 1.79 bits per heavy atom. The van der Waals surface area contributed by atoms with Gasteiger partial charge >= 0.3 is 56.4 Å². The van der Waals surface area contributed by atoms with Crippen LogP contribution in [0.3, 0.4) is 0 Å². The topological polar surface area (TPSA) is 49.2 Å². The third kappa shape index (κ3) is 10.2. The Kier molecular flexibility index (Phi) is 16.7. The molecule has 0 unspecified atom stereocenters. The summed E-state index contributed by atoms with van der Waals surface area (Å²) in [6.07, 6.45) is 0. The van der Waals surface area contributed by atoms with E-state index in [2.05, 4.69) is 46.8 Å². The Hall–Kier alpha value is -0.703. The first-order valence-electron chi connectivity index (χ1n) is 7.90. The molecule has 0 radical (unpaired) electrons. The molecule has 1 aromatic carbocycles. The summed E-state index contributed by atoms with van der Waals surface area (Å²) < 4.78 is 11.8. The van der Waals surface area contributed by atoms with Crippen LogP contribution in [-0.4, -0.2) is 21.4 Å². The summed E-state index contributed by atoms with van der Waals surface area (Å²) in [7, 11) is 12.3. The van der Waals surface area contributed by atoms with Gasteiger partial charge in [-0.1, -0.05) is 6.07 Å². The molecule has 0 aliphatic heterocycles. The fraction of sp³-hybridized carbons (Fsp3) is 0.211. The molecule has 0 aliphatic rings. The molecule has 0 N–H and O–H groups in total. The molecule has 9 heteroatoms. The van der Waals surface area contributed by atoms with Crippen molar-refractivity contribution in [3.8, 4) is 17.4 Å². The Bertz CT molecular complexity index is 773. The van der Waals surface area contributed by atoms with Crippen LogP contribution in [0.2, 0.25) is 0 Å². The number of aryl methyl sites for hydroxylation is 2. The molecule has 5 nitrogen and oxygen atoms in total. The maximum absolute atomic E-state index is 5.68. The molecule has 2 heterocycles. The molecule has 0 spiro atoms. The average Bonchev–Trinajstić information content (AvgIpc) is 3.10. The van der Waals surface area contributed by atoms with Crippen molar-refractivity contribution in [2.75, 3.05) is 6.61 Å². The molecule has 28 heavy (non-hydrogen) atoms. The predicted molar refractivity (Wildman–Crippen MR) is 105 cm³/mol. The fourth-order valence-corrected chi connectivity index (χ4v) is 1.99. The van der Waals surface area contributed by atoms with Crippen LogP contribution in [0.4, 0.5) is 0 Å². The predicted octanol–water partition coefficient (Wildman–Crippen LogP) is 5.67. The van der Waals surface area contributed by atoms with Gasteiger partial charge in [-0.2, -0.15) is 28.3 Å². The van der Waals surface area contributed by atoms with E-state index in [1.54, 1.807) is 48.3 Å². The number of hydrogen-bond acceptors (Lipinski definition) is 4. The van der Waals surface area contributed by atoms with Crippen LogP contribution in [-0.2, 0) is 42.3 Å². The number of para-hydroxylation sites is 1. The number of halogens is 2. The number of ether oxygens (including phenoxy) is 2. The summed E-state index contributed by atoms with van der Waals surface area (Å²) in [4.78, 5) is 4.47. The Morgan fingerprint density at radius 1 is 1.11 bits per heavy atom. The summed E-state index contributed by atoms with van der Waals surface area (Å²) in [5, 5.41) is 4.42. The SMILES string of the molecule is Cc1cc(C)n(-c2cccc(Oc3[c-]cccc3)n2)n1.[CH2-]OCC.[Cl][Pt+].[Cl][Pt+]. The molecule has 0 saturated heterocycles. The minimum absolute atomic E-state index is 0.525. The van der Waals surface area contributed by atoms with Gasteiger partial charge in [-0.05, 0) is 32.9 Å². The van der Waals surface area contributed by atoms with E-state index in [-0.39, 0.29) is 0 Å². The molecular weight excluding hydrogens is 763 g/mol. The third-order valence-electron chi connectivity index (χ3n) is 3.03. The molecule has 0 fully saturated rings. The molecule has 2 aromatic heterocycles. The zero-order valence-corrected chi connectivity index (χ0v) is 21.6. The zero-order chi connectivity index (χ0) is 21.4. The van der Waals surface area contributed by atoms with E-state index in [0.717, 1.165) is 17.2 Å². The van der Waals surface area contributed by atoms with E-state index in [4.69, 9.17) is 4.74 Å². The van der Waals surface area contributed by atoms with Gasteiger partial charge in [0.1, 0.15) is 0 Å². The number of pyridine rings is 1. The van der Waals surface area contributed by atoms with Gasteiger partial charge in [0.15, 0.2) is 5.82 Å². The van der Waals surface area contributed by atoms with Gasteiger partial charge in [-0.3, -0.25) is 0 Å². The number of hydrogen-bond donors (Lipinski definition) is 0. The van der Waals surface area contributed by atoms with Gasteiger partial charge in [0.05, 0.1) is 5.69 Å². The van der Waals surface area contributed by atoms with Gasteiger partial charge in [0, 0.05) is 24.1 Å². The number of aromatic nitrogens is 3. The molecular formula is C19H21Cl2N3O2Pt2. The first kappa shape index (κ1) is 27.3. The van der Waals surface area contributed by atoms with E-state index in [9.17, 15) is 0 Å². The van der Waals surface area contributed by atoms with Crippen molar-refractivity contribution in [1.29, 1.82) is 0 Å². The van der Waals surface area contributed by atoms with E-state index in [1.165, 1.54) is 0 Å². The standard InChI is InChI=1S/C16H14N3O.C3H7O.2ClH.2Pt/c1-12-11-13(2)19(18-12)15-9-6-10-16(17-15)20-14-7-4-3-5-8-14;1-3-4-2;;;;/h3-7,9-11H,1-2H3;2-3H2,1H3;2*1H;;/q2*-1;;;2*+2/p-2. The summed E-state index contributed by atoms with van der Waals surface area (Å²) in [5.41, 5.74) is 2.01. The van der Waals surface area contributed by atoms with Crippen molar-refractivity contribution in [3.63, 3.8) is 0 Å². The van der Waals surface area contributed by atoms with E-state index < -0.39 is 0 Å². The second-order valence-corrected chi connectivity index (χ2v) is 4.99. The van der Waals surface area contributed by atoms with Crippen molar-refractivity contribution in [2.24, 2.45) is 0 Å². The van der Waals surface area contributed by atoms with Crippen LogP contribution in [0, 0.1) is 27.0 Å². The number of rotatable bonds is 4. The van der Waals surface area contributed by atoms with Crippen LogP contribution in [0.1, 0.15) is 18.3 Å². The van der Waals surface area contributed by atoms with Gasteiger partial charge in [-0.25, -0.2) is 11.8 Å². The molecule has 3 aromatic rings. The quantitative estimate of drug-likeness (QED) is 0.321. The second-order valence-electron chi connectivity index (χ2n) is 4.99. The maximum atomic E-state index is 5.68. The summed E-state index contributed by atoms with van der Waals surface area (Å²) in [5.74, 6) is 1.91. The minimum atomic E-state index is 0.525.